The summed E-state index contributed by atoms with van der Waals surface area (Å²) in [7, 11) is 1.90. The first-order chi connectivity index (χ1) is 12.1. The van der Waals surface area contributed by atoms with Gasteiger partial charge in [0.1, 0.15) is 0 Å². The summed E-state index contributed by atoms with van der Waals surface area (Å²) in [4.78, 5) is 25.8. The van der Waals surface area contributed by atoms with Gasteiger partial charge in [-0.1, -0.05) is 24.3 Å². The normalized spacial score (nSPS) is 29.0. The van der Waals surface area contributed by atoms with Crippen LogP contribution in [0, 0.1) is 5.92 Å². The Kier molecular flexibility index (Phi) is 4.40. The van der Waals surface area contributed by atoms with Gasteiger partial charge in [-0.2, -0.15) is 0 Å². The second kappa shape index (κ2) is 6.70. The minimum atomic E-state index is -0.420. The van der Waals surface area contributed by atoms with Crippen molar-refractivity contribution in [3.05, 3.63) is 35.4 Å². The van der Waals surface area contributed by atoms with Crippen molar-refractivity contribution >= 4 is 12.0 Å². The van der Waals surface area contributed by atoms with Crippen molar-refractivity contribution in [2.24, 2.45) is 5.92 Å². The van der Waals surface area contributed by atoms with E-state index in [9.17, 15) is 9.59 Å². The number of amides is 2. The predicted molar refractivity (Wildman–Crippen MR) is 94.4 cm³/mol. The van der Waals surface area contributed by atoms with E-state index in [4.69, 9.17) is 4.74 Å². The largest absolute Gasteiger partial charge is 0.450 e. The van der Waals surface area contributed by atoms with Crippen molar-refractivity contribution in [1.82, 2.24) is 10.2 Å². The molecule has 2 amide bonds. The van der Waals surface area contributed by atoms with Crippen LogP contribution in [0.5, 0.6) is 0 Å². The Labute approximate surface area is 148 Å². The van der Waals surface area contributed by atoms with E-state index in [1.807, 2.05) is 11.9 Å². The van der Waals surface area contributed by atoms with Gasteiger partial charge in [0.05, 0.1) is 12.5 Å². The number of nitrogens with one attached hydrogen (secondary N) is 1. The molecule has 1 atom stereocenters. The quantitative estimate of drug-likeness (QED) is 0.915. The first kappa shape index (κ1) is 16.4. The summed E-state index contributed by atoms with van der Waals surface area (Å²) in [5.74, 6) is 1.31. The van der Waals surface area contributed by atoms with Gasteiger partial charge in [-0.05, 0) is 55.1 Å². The number of cyclic esters (lactones) is 1. The van der Waals surface area contributed by atoms with Crippen LogP contribution in [0.15, 0.2) is 24.3 Å². The summed E-state index contributed by atoms with van der Waals surface area (Å²) < 4.78 is 4.95. The van der Waals surface area contributed by atoms with Crippen LogP contribution in [0.3, 0.4) is 0 Å². The molecule has 0 radical (unpaired) electrons. The van der Waals surface area contributed by atoms with Crippen molar-refractivity contribution in [3.63, 3.8) is 0 Å². The van der Waals surface area contributed by atoms with Crippen molar-refractivity contribution in [1.29, 1.82) is 0 Å². The fraction of sp³-hybridized carbons (Fsp3) is 0.600. The van der Waals surface area contributed by atoms with Crippen LogP contribution in [0.25, 0.3) is 0 Å². The number of hydrogen-bond acceptors (Lipinski definition) is 3. The lowest BCUT2D eigenvalue weighted by Gasteiger charge is -2.42. The Morgan fingerprint density at radius 3 is 2.36 bits per heavy atom. The molecule has 0 unspecified atom stereocenters. The molecule has 1 aliphatic heterocycles. The molecule has 1 aromatic carbocycles. The molecule has 1 aromatic rings. The van der Waals surface area contributed by atoms with E-state index in [1.165, 1.54) is 24.0 Å². The van der Waals surface area contributed by atoms with Gasteiger partial charge in [0.15, 0.2) is 0 Å². The van der Waals surface area contributed by atoms with Crippen molar-refractivity contribution in [3.8, 4) is 0 Å². The van der Waals surface area contributed by atoms with E-state index in [0.717, 1.165) is 18.8 Å². The summed E-state index contributed by atoms with van der Waals surface area (Å²) in [5.41, 5.74) is 2.88. The average Bonchev–Trinajstić information content (AvgIpc) is 3.41. The number of nitrogens with zero attached hydrogens (tertiary/aromatic N) is 1. The number of rotatable bonds is 4. The molecular formula is C20H26N2O3. The van der Waals surface area contributed by atoms with Gasteiger partial charge in [0.2, 0.25) is 5.91 Å². The van der Waals surface area contributed by atoms with Crippen molar-refractivity contribution in [2.45, 2.75) is 50.0 Å². The van der Waals surface area contributed by atoms with Gasteiger partial charge in [-0.3, -0.25) is 4.79 Å². The number of carbonyl (C=O) groups is 2. The van der Waals surface area contributed by atoms with Crippen LogP contribution in [-0.2, 0) is 9.53 Å². The second-order valence-electron chi connectivity index (χ2n) is 7.71. The number of hydrogen-bond donors (Lipinski definition) is 1. The lowest BCUT2D eigenvalue weighted by molar-refractivity contribution is -0.138. The highest BCUT2D eigenvalue weighted by Gasteiger charge is 2.37. The SMILES string of the molecule is CN(C(=O)[C@@H]1CCOC(=O)NC1)[C@H]1C[C@@H](c2ccc(C3CC3)cc2)C1. The minimum Gasteiger partial charge on any atom is -0.450 e. The Bertz CT molecular complexity index is 647. The van der Waals surface area contributed by atoms with Crippen LogP contribution >= 0.6 is 0 Å². The summed E-state index contributed by atoms with van der Waals surface area (Å²) in [5, 5.41) is 2.65. The summed E-state index contributed by atoms with van der Waals surface area (Å²) in [6.07, 6.45) is 4.91. The average molecular weight is 342 g/mol. The van der Waals surface area contributed by atoms with Crippen LogP contribution in [0.4, 0.5) is 4.79 Å². The van der Waals surface area contributed by atoms with Crippen LogP contribution in [0.1, 0.15) is 55.1 Å². The van der Waals surface area contributed by atoms with E-state index < -0.39 is 6.09 Å². The van der Waals surface area contributed by atoms with Crippen LogP contribution in [-0.4, -0.2) is 43.1 Å². The molecule has 5 nitrogen and oxygen atoms in total. The summed E-state index contributed by atoms with van der Waals surface area (Å²) in [6.45, 7) is 0.692. The lowest BCUT2D eigenvalue weighted by atomic mass is 9.74. The topological polar surface area (TPSA) is 58.6 Å². The molecule has 2 saturated carbocycles. The molecule has 1 saturated heterocycles. The lowest BCUT2D eigenvalue weighted by Crippen LogP contribution is -2.48. The molecular weight excluding hydrogens is 316 g/mol. The standard InChI is InChI=1S/C20H26N2O3/c1-22(19(23)16-8-9-25-20(24)21-12-16)18-10-17(11-18)15-6-4-14(5-7-15)13-2-3-13/h4-7,13,16-18H,2-3,8-12H2,1H3,(H,21,24)/t16-,17-,18+/m1/s1. The summed E-state index contributed by atoms with van der Waals surface area (Å²) in [6, 6.07) is 9.41. The van der Waals surface area contributed by atoms with E-state index in [0.29, 0.717) is 31.5 Å². The van der Waals surface area contributed by atoms with E-state index in [-0.39, 0.29) is 11.8 Å². The molecule has 134 valence electrons. The molecule has 3 aliphatic rings. The third kappa shape index (κ3) is 3.51. The third-order valence-corrected chi connectivity index (χ3v) is 6.01. The third-order valence-electron chi connectivity index (χ3n) is 6.01. The smallest absolute Gasteiger partial charge is 0.407 e. The number of benzene rings is 1. The highest BCUT2D eigenvalue weighted by Crippen LogP contribution is 2.43. The summed E-state index contributed by atoms with van der Waals surface area (Å²) >= 11 is 0. The first-order valence-corrected chi connectivity index (χ1v) is 9.39. The fourth-order valence-corrected chi connectivity index (χ4v) is 3.97. The molecule has 2 aliphatic carbocycles. The number of carbonyl (C=O) groups excluding carboxylic acids is 2. The highest BCUT2D eigenvalue weighted by molar-refractivity contribution is 5.80. The highest BCUT2D eigenvalue weighted by atomic mass is 16.5. The van der Waals surface area contributed by atoms with E-state index >= 15 is 0 Å². The molecule has 25 heavy (non-hydrogen) atoms. The molecule has 0 spiro atoms. The van der Waals surface area contributed by atoms with Gasteiger partial charge in [0.25, 0.3) is 0 Å². The van der Waals surface area contributed by atoms with Crippen LogP contribution in [0.2, 0.25) is 0 Å². The van der Waals surface area contributed by atoms with Crippen molar-refractivity contribution < 1.29 is 14.3 Å². The maximum absolute atomic E-state index is 12.7. The number of ether oxygens (including phenoxy) is 1. The zero-order valence-corrected chi connectivity index (χ0v) is 14.7. The van der Waals surface area contributed by atoms with E-state index in [2.05, 4.69) is 29.6 Å². The first-order valence-electron chi connectivity index (χ1n) is 9.39. The van der Waals surface area contributed by atoms with Gasteiger partial charge >= 0.3 is 6.09 Å². The molecule has 1 N–H and O–H groups in total. The monoisotopic (exact) mass is 342 g/mol. The Morgan fingerprint density at radius 1 is 1.08 bits per heavy atom. The molecule has 4 rings (SSSR count). The number of alkyl carbamates (subject to hydrolysis) is 1. The predicted octanol–water partition coefficient (Wildman–Crippen LogP) is 3.01. The van der Waals surface area contributed by atoms with Gasteiger partial charge in [0, 0.05) is 19.6 Å². The molecule has 0 bridgehead atoms. The van der Waals surface area contributed by atoms with Crippen LogP contribution < -0.4 is 5.32 Å². The maximum atomic E-state index is 12.7. The molecule has 3 fully saturated rings. The van der Waals surface area contributed by atoms with Gasteiger partial charge < -0.3 is 15.0 Å². The maximum Gasteiger partial charge on any atom is 0.407 e. The Morgan fingerprint density at radius 2 is 1.72 bits per heavy atom. The minimum absolute atomic E-state index is 0.123. The van der Waals surface area contributed by atoms with Gasteiger partial charge in [-0.15, -0.1) is 0 Å². The van der Waals surface area contributed by atoms with Crippen molar-refractivity contribution in [2.75, 3.05) is 20.2 Å². The molecule has 0 aromatic heterocycles. The Hall–Kier alpha value is -2.04. The second-order valence-corrected chi connectivity index (χ2v) is 7.71. The molecule has 1 heterocycles. The molecule has 5 heteroatoms. The van der Waals surface area contributed by atoms with E-state index in [1.54, 1.807) is 0 Å². The van der Waals surface area contributed by atoms with Gasteiger partial charge in [-0.25, -0.2) is 4.79 Å². The zero-order chi connectivity index (χ0) is 17.4. The fourth-order valence-electron chi connectivity index (χ4n) is 3.97. The Balaban J connectivity index is 1.30. The zero-order valence-electron chi connectivity index (χ0n) is 14.7.